The van der Waals surface area contributed by atoms with Gasteiger partial charge in [0.25, 0.3) is 0 Å². The molecule has 0 aliphatic rings. The van der Waals surface area contributed by atoms with Gasteiger partial charge in [-0.1, -0.05) is 48.5 Å². The second-order valence-corrected chi connectivity index (χ2v) is 5.72. The number of ether oxygens (including phenoxy) is 2. The summed E-state index contributed by atoms with van der Waals surface area (Å²) in [5, 5.41) is 2.91. The summed E-state index contributed by atoms with van der Waals surface area (Å²) in [6, 6.07) is 26.5. The van der Waals surface area contributed by atoms with Crippen molar-refractivity contribution in [3.63, 3.8) is 0 Å². The summed E-state index contributed by atoms with van der Waals surface area (Å²) < 4.78 is 11.5. The Morgan fingerprint density at radius 3 is 2.12 bits per heavy atom. The molecular formula is C22H21NO3. The zero-order valence-electron chi connectivity index (χ0n) is 14.4. The summed E-state index contributed by atoms with van der Waals surface area (Å²) in [5.41, 5.74) is 0.658. The van der Waals surface area contributed by atoms with Crippen LogP contribution in [0, 0.1) is 0 Å². The van der Waals surface area contributed by atoms with Gasteiger partial charge in [0, 0.05) is 6.42 Å². The Balaban J connectivity index is 1.49. The lowest BCUT2D eigenvalue weighted by atomic mass is 10.2. The highest BCUT2D eigenvalue weighted by atomic mass is 16.5. The van der Waals surface area contributed by atoms with Gasteiger partial charge in [0.2, 0.25) is 5.91 Å². The first kappa shape index (κ1) is 17.5. The number of para-hydroxylation sites is 4. The summed E-state index contributed by atoms with van der Waals surface area (Å²) in [4.78, 5) is 12.2. The number of carbonyl (C=O) groups excluding carboxylic acids is 1. The van der Waals surface area contributed by atoms with Crippen LogP contribution in [0.4, 0.5) is 5.69 Å². The van der Waals surface area contributed by atoms with Crippen molar-refractivity contribution >= 4 is 11.6 Å². The first-order chi connectivity index (χ1) is 12.8. The van der Waals surface area contributed by atoms with Crippen LogP contribution >= 0.6 is 0 Å². The molecule has 132 valence electrons. The van der Waals surface area contributed by atoms with Gasteiger partial charge in [-0.25, -0.2) is 0 Å². The second-order valence-electron chi connectivity index (χ2n) is 5.72. The van der Waals surface area contributed by atoms with Gasteiger partial charge < -0.3 is 14.8 Å². The van der Waals surface area contributed by atoms with Crippen molar-refractivity contribution in [2.45, 2.75) is 12.8 Å². The molecule has 3 rings (SSSR count). The third-order valence-corrected chi connectivity index (χ3v) is 3.69. The Labute approximate surface area is 153 Å². The molecular weight excluding hydrogens is 326 g/mol. The maximum Gasteiger partial charge on any atom is 0.224 e. The van der Waals surface area contributed by atoms with Crippen LogP contribution in [0.5, 0.6) is 17.2 Å². The van der Waals surface area contributed by atoms with Gasteiger partial charge in [-0.3, -0.25) is 4.79 Å². The lowest BCUT2D eigenvalue weighted by Gasteiger charge is -2.12. The maximum atomic E-state index is 12.2. The third kappa shape index (κ3) is 5.38. The lowest BCUT2D eigenvalue weighted by molar-refractivity contribution is -0.116. The minimum atomic E-state index is -0.0641. The molecule has 0 spiro atoms. The molecule has 0 saturated carbocycles. The Morgan fingerprint density at radius 1 is 0.769 bits per heavy atom. The number of nitrogens with one attached hydrogen (secondary N) is 1. The van der Waals surface area contributed by atoms with Crippen molar-refractivity contribution in [3.8, 4) is 17.2 Å². The normalized spacial score (nSPS) is 10.2. The molecule has 0 aliphatic carbocycles. The van der Waals surface area contributed by atoms with Crippen molar-refractivity contribution in [2.75, 3.05) is 11.9 Å². The number of hydrogen-bond donors (Lipinski definition) is 1. The van der Waals surface area contributed by atoms with Gasteiger partial charge in [-0.05, 0) is 42.8 Å². The molecule has 4 heteroatoms. The van der Waals surface area contributed by atoms with E-state index in [1.165, 1.54) is 0 Å². The monoisotopic (exact) mass is 347 g/mol. The lowest BCUT2D eigenvalue weighted by Crippen LogP contribution is -2.13. The predicted molar refractivity (Wildman–Crippen MR) is 103 cm³/mol. The number of benzene rings is 3. The van der Waals surface area contributed by atoms with Crippen LogP contribution < -0.4 is 14.8 Å². The molecule has 26 heavy (non-hydrogen) atoms. The number of rotatable bonds is 8. The second kappa shape index (κ2) is 9.28. The van der Waals surface area contributed by atoms with E-state index in [0.717, 1.165) is 11.5 Å². The highest BCUT2D eigenvalue weighted by molar-refractivity contribution is 5.92. The van der Waals surface area contributed by atoms with Crippen LogP contribution in [0.25, 0.3) is 0 Å². The summed E-state index contributed by atoms with van der Waals surface area (Å²) in [7, 11) is 0. The van der Waals surface area contributed by atoms with Crippen LogP contribution in [-0.4, -0.2) is 12.5 Å². The van der Waals surface area contributed by atoms with Gasteiger partial charge in [0.05, 0.1) is 12.3 Å². The minimum Gasteiger partial charge on any atom is -0.494 e. The molecule has 1 N–H and O–H groups in total. The third-order valence-electron chi connectivity index (χ3n) is 3.69. The maximum absolute atomic E-state index is 12.2. The molecule has 0 saturated heterocycles. The van der Waals surface area contributed by atoms with Crippen molar-refractivity contribution in [2.24, 2.45) is 0 Å². The van der Waals surface area contributed by atoms with Crippen molar-refractivity contribution in [3.05, 3.63) is 84.9 Å². The van der Waals surface area contributed by atoms with Gasteiger partial charge >= 0.3 is 0 Å². The summed E-state index contributed by atoms with van der Waals surface area (Å²) in [6.07, 6.45) is 1.02. The molecule has 0 fully saturated rings. The molecule has 0 heterocycles. The topological polar surface area (TPSA) is 47.6 Å². The fourth-order valence-electron chi connectivity index (χ4n) is 2.43. The van der Waals surface area contributed by atoms with E-state index in [9.17, 15) is 4.79 Å². The highest BCUT2D eigenvalue weighted by Crippen LogP contribution is 2.29. The van der Waals surface area contributed by atoms with Gasteiger partial charge in [0.15, 0.2) is 5.75 Å². The van der Waals surface area contributed by atoms with E-state index in [1.54, 1.807) is 0 Å². The van der Waals surface area contributed by atoms with Gasteiger partial charge in [0.1, 0.15) is 11.5 Å². The van der Waals surface area contributed by atoms with E-state index < -0.39 is 0 Å². The van der Waals surface area contributed by atoms with Crippen LogP contribution in [0.3, 0.4) is 0 Å². The number of anilines is 1. The average molecular weight is 347 g/mol. The molecule has 3 aromatic carbocycles. The van der Waals surface area contributed by atoms with Crippen LogP contribution in [0.1, 0.15) is 12.8 Å². The molecule has 4 nitrogen and oxygen atoms in total. The molecule has 0 aromatic heterocycles. The number of amides is 1. The first-order valence-electron chi connectivity index (χ1n) is 8.61. The van der Waals surface area contributed by atoms with Crippen molar-refractivity contribution < 1.29 is 14.3 Å². The van der Waals surface area contributed by atoms with Gasteiger partial charge in [-0.15, -0.1) is 0 Å². The number of hydrogen-bond acceptors (Lipinski definition) is 3. The van der Waals surface area contributed by atoms with Crippen LogP contribution in [0.2, 0.25) is 0 Å². The standard InChI is InChI=1S/C22H21NO3/c24-22(16-9-17-25-18-10-3-1-4-11-18)23-20-14-7-8-15-21(20)26-19-12-5-2-6-13-19/h1-8,10-15H,9,16-17H2,(H,23,24). The van der Waals surface area contributed by atoms with Crippen molar-refractivity contribution in [1.82, 2.24) is 0 Å². The van der Waals surface area contributed by atoms with E-state index in [-0.39, 0.29) is 5.91 Å². The Morgan fingerprint density at radius 2 is 1.38 bits per heavy atom. The van der Waals surface area contributed by atoms with Crippen LogP contribution in [-0.2, 0) is 4.79 Å². The highest BCUT2D eigenvalue weighted by Gasteiger charge is 2.08. The van der Waals surface area contributed by atoms with Crippen molar-refractivity contribution in [1.29, 1.82) is 0 Å². The van der Waals surface area contributed by atoms with E-state index in [4.69, 9.17) is 9.47 Å². The quantitative estimate of drug-likeness (QED) is 0.564. The van der Waals surface area contributed by atoms with Crippen LogP contribution in [0.15, 0.2) is 84.9 Å². The molecule has 0 unspecified atom stereocenters. The molecule has 0 aliphatic heterocycles. The molecule has 0 radical (unpaired) electrons. The first-order valence-corrected chi connectivity index (χ1v) is 8.61. The largest absolute Gasteiger partial charge is 0.494 e. The fourth-order valence-corrected chi connectivity index (χ4v) is 2.43. The molecule has 0 bridgehead atoms. The summed E-state index contributed by atoms with van der Waals surface area (Å²) in [5.74, 6) is 2.10. The molecule has 0 atom stereocenters. The Hall–Kier alpha value is -3.27. The Kier molecular flexibility index (Phi) is 6.26. The van der Waals surface area contributed by atoms with Gasteiger partial charge in [-0.2, -0.15) is 0 Å². The molecule has 1 amide bonds. The predicted octanol–water partition coefficient (Wildman–Crippen LogP) is 5.28. The smallest absolute Gasteiger partial charge is 0.224 e. The van der Waals surface area contributed by atoms with E-state index in [1.807, 2.05) is 84.9 Å². The average Bonchev–Trinajstić information content (AvgIpc) is 2.68. The SMILES string of the molecule is O=C(CCCOc1ccccc1)Nc1ccccc1Oc1ccccc1. The summed E-state index contributed by atoms with van der Waals surface area (Å²) in [6.45, 7) is 0.500. The van der Waals surface area contributed by atoms with E-state index >= 15 is 0 Å². The van der Waals surface area contributed by atoms with E-state index in [0.29, 0.717) is 30.9 Å². The van der Waals surface area contributed by atoms with E-state index in [2.05, 4.69) is 5.32 Å². The minimum absolute atomic E-state index is 0.0641. The molecule has 3 aromatic rings. The Bertz CT molecular complexity index is 819. The summed E-state index contributed by atoms with van der Waals surface area (Å²) >= 11 is 0. The zero-order chi connectivity index (χ0) is 18.0. The number of carbonyl (C=O) groups is 1. The zero-order valence-corrected chi connectivity index (χ0v) is 14.4. The fraction of sp³-hybridized carbons (Fsp3) is 0.136.